The average Bonchev–Trinajstić information content (AvgIpc) is 2.75. The zero-order valence-electron chi connectivity index (χ0n) is 20.3. The van der Waals surface area contributed by atoms with Gasteiger partial charge in [0.25, 0.3) is 0 Å². The molecule has 0 spiro atoms. The number of carboxylic acid groups (broad SMARTS) is 1. The van der Waals surface area contributed by atoms with Crippen LogP contribution < -0.4 is 5.32 Å². The molecule has 0 aromatic rings. The summed E-state index contributed by atoms with van der Waals surface area (Å²) in [5.41, 5.74) is 0. The van der Waals surface area contributed by atoms with Gasteiger partial charge in [0.1, 0.15) is 6.04 Å². The summed E-state index contributed by atoms with van der Waals surface area (Å²) in [6.45, 7) is 6.74. The molecule has 2 atom stereocenters. The second-order valence-electron chi connectivity index (χ2n) is 8.68. The first kappa shape index (κ1) is 29.4. The molecule has 6 nitrogen and oxygen atoms in total. The predicted octanol–water partition coefficient (Wildman–Crippen LogP) is 6.02. The lowest BCUT2D eigenvalue weighted by Crippen LogP contribution is -2.42. The molecule has 182 valence electrons. The largest absolute Gasteiger partial charge is 0.481 e. The van der Waals surface area contributed by atoms with E-state index >= 15 is 0 Å². The van der Waals surface area contributed by atoms with Gasteiger partial charge in [-0.2, -0.15) is 0 Å². The molecule has 0 aliphatic rings. The van der Waals surface area contributed by atoms with Crippen LogP contribution in [0.15, 0.2) is 0 Å². The molecule has 0 heterocycles. The molecule has 1 unspecified atom stereocenters. The number of carboxylic acids is 1. The van der Waals surface area contributed by atoms with Crippen molar-refractivity contribution in [2.24, 2.45) is 5.92 Å². The van der Waals surface area contributed by atoms with Crippen molar-refractivity contribution < 1.29 is 24.2 Å². The SMILES string of the molecule is CCCCCCCCCCCC(=O)N[C@@H](CCC(=O)O)C(=O)OCC(CC)CCCC. The predicted molar refractivity (Wildman–Crippen MR) is 125 cm³/mol. The fraction of sp³-hybridized carbons (Fsp3) is 0.880. The summed E-state index contributed by atoms with van der Waals surface area (Å²) >= 11 is 0. The molecule has 0 aromatic carbocycles. The summed E-state index contributed by atoms with van der Waals surface area (Å²) in [7, 11) is 0. The van der Waals surface area contributed by atoms with Crippen molar-refractivity contribution in [1.82, 2.24) is 5.32 Å². The lowest BCUT2D eigenvalue weighted by molar-refractivity contribution is -0.150. The van der Waals surface area contributed by atoms with Crippen LogP contribution in [-0.2, 0) is 19.1 Å². The molecule has 6 heteroatoms. The van der Waals surface area contributed by atoms with Crippen LogP contribution in [0.1, 0.15) is 124 Å². The van der Waals surface area contributed by atoms with Crippen LogP contribution in [0.3, 0.4) is 0 Å². The molecule has 0 aliphatic heterocycles. The van der Waals surface area contributed by atoms with E-state index in [-0.39, 0.29) is 18.7 Å². The maximum atomic E-state index is 12.5. The number of amides is 1. The summed E-state index contributed by atoms with van der Waals surface area (Å²) < 4.78 is 5.44. The highest BCUT2D eigenvalue weighted by molar-refractivity contribution is 5.84. The Morgan fingerprint density at radius 3 is 1.90 bits per heavy atom. The van der Waals surface area contributed by atoms with E-state index in [4.69, 9.17) is 9.84 Å². The van der Waals surface area contributed by atoms with Crippen LogP contribution in [0.4, 0.5) is 0 Å². The molecule has 0 rings (SSSR count). The number of carbonyl (C=O) groups is 3. The summed E-state index contributed by atoms with van der Waals surface area (Å²) in [5.74, 6) is -1.40. The fourth-order valence-corrected chi connectivity index (χ4v) is 3.58. The number of carbonyl (C=O) groups excluding carboxylic acids is 2. The van der Waals surface area contributed by atoms with E-state index in [1.807, 2.05) is 0 Å². The summed E-state index contributed by atoms with van der Waals surface area (Å²) in [6.07, 6.45) is 14.9. The first-order valence-corrected chi connectivity index (χ1v) is 12.6. The summed E-state index contributed by atoms with van der Waals surface area (Å²) in [4.78, 5) is 35.7. The Morgan fingerprint density at radius 2 is 1.35 bits per heavy atom. The number of ether oxygens (including phenoxy) is 1. The molecule has 0 aliphatic carbocycles. The Hall–Kier alpha value is -1.59. The van der Waals surface area contributed by atoms with Crippen molar-refractivity contribution in [2.45, 2.75) is 130 Å². The second kappa shape index (κ2) is 20.3. The molecular weight excluding hydrogens is 394 g/mol. The Bertz CT molecular complexity index is 481. The van der Waals surface area contributed by atoms with Crippen LogP contribution in [0, 0.1) is 5.92 Å². The molecule has 31 heavy (non-hydrogen) atoms. The van der Waals surface area contributed by atoms with Crippen LogP contribution in [0.5, 0.6) is 0 Å². The Kier molecular flexibility index (Phi) is 19.3. The lowest BCUT2D eigenvalue weighted by atomic mass is 10.0. The van der Waals surface area contributed by atoms with Gasteiger partial charge in [0.05, 0.1) is 6.61 Å². The van der Waals surface area contributed by atoms with Crippen LogP contribution in [-0.4, -0.2) is 35.6 Å². The molecule has 0 radical (unpaired) electrons. The number of hydrogen-bond donors (Lipinski definition) is 2. The van der Waals surface area contributed by atoms with Gasteiger partial charge in [-0.3, -0.25) is 9.59 Å². The number of esters is 1. The Morgan fingerprint density at radius 1 is 0.774 bits per heavy atom. The van der Waals surface area contributed by atoms with Gasteiger partial charge in [0.2, 0.25) is 5.91 Å². The van der Waals surface area contributed by atoms with Crippen LogP contribution in [0.25, 0.3) is 0 Å². The molecule has 0 saturated heterocycles. The van der Waals surface area contributed by atoms with Crippen molar-refractivity contribution in [2.75, 3.05) is 6.61 Å². The highest BCUT2D eigenvalue weighted by Crippen LogP contribution is 2.14. The Balaban J connectivity index is 4.28. The minimum absolute atomic E-state index is 0.0589. The zero-order valence-corrected chi connectivity index (χ0v) is 20.3. The first-order valence-electron chi connectivity index (χ1n) is 12.6. The monoisotopic (exact) mass is 441 g/mol. The third kappa shape index (κ3) is 17.8. The maximum Gasteiger partial charge on any atom is 0.328 e. The maximum absolute atomic E-state index is 12.5. The number of aliphatic carboxylic acids is 1. The van der Waals surface area contributed by atoms with Crippen molar-refractivity contribution >= 4 is 17.8 Å². The van der Waals surface area contributed by atoms with Crippen LogP contribution in [0.2, 0.25) is 0 Å². The van der Waals surface area contributed by atoms with Gasteiger partial charge in [-0.15, -0.1) is 0 Å². The van der Waals surface area contributed by atoms with Gasteiger partial charge >= 0.3 is 11.9 Å². The van der Waals surface area contributed by atoms with Crippen molar-refractivity contribution in [3.05, 3.63) is 0 Å². The summed E-state index contributed by atoms with van der Waals surface area (Å²) in [6, 6.07) is -0.883. The molecule has 0 saturated carbocycles. The van der Waals surface area contributed by atoms with E-state index in [2.05, 4.69) is 26.1 Å². The van der Waals surface area contributed by atoms with Gasteiger partial charge in [-0.1, -0.05) is 91.4 Å². The van der Waals surface area contributed by atoms with E-state index in [9.17, 15) is 14.4 Å². The summed E-state index contributed by atoms with van der Waals surface area (Å²) in [5, 5.41) is 11.7. The smallest absolute Gasteiger partial charge is 0.328 e. The van der Waals surface area contributed by atoms with E-state index in [1.54, 1.807) is 0 Å². The molecule has 0 fully saturated rings. The molecular formula is C25H47NO5. The second-order valence-corrected chi connectivity index (χ2v) is 8.68. The molecule has 1 amide bonds. The van der Waals surface area contributed by atoms with Gasteiger partial charge < -0.3 is 15.2 Å². The Labute approximate surface area is 189 Å². The van der Waals surface area contributed by atoms with Crippen molar-refractivity contribution in [3.63, 3.8) is 0 Å². The van der Waals surface area contributed by atoms with Gasteiger partial charge in [-0.05, 0) is 25.2 Å². The van der Waals surface area contributed by atoms with Crippen molar-refractivity contribution in [3.8, 4) is 0 Å². The minimum atomic E-state index is -0.986. The van der Waals surface area contributed by atoms with E-state index in [0.717, 1.165) is 44.9 Å². The zero-order chi connectivity index (χ0) is 23.3. The highest BCUT2D eigenvalue weighted by Gasteiger charge is 2.24. The van der Waals surface area contributed by atoms with E-state index < -0.39 is 18.0 Å². The number of hydrogen-bond acceptors (Lipinski definition) is 4. The quantitative estimate of drug-likeness (QED) is 0.168. The average molecular weight is 442 g/mol. The van der Waals surface area contributed by atoms with E-state index in [1.165, 1.54) is 38.5 Å². The minimum Gasteiger partial charge on any atom is -0.481 e. The molecule has 0 bridgehead atoms. The number of nitrogens with one attached hydrogen (secondary N) is 1. The van der Waals surface area contributed by atoms with E-state index in [0.29, 0.717) is 18.9 Å². The van der Waals surface area contributed by atoms with Gasteiger partial charge in [-0.25, -0.2) is 4.79 Å². The standard InChI is InChI=1S/C25H47NO5/c1-4-7-9-10-11-12-13-14-15-17-23(27)26-22(18-19-24(28)29)25(30)31-20-21(6-3)16-8-5-2/h21-22H,4-20H2,1-3H3,(H,26,27)(H,28,29)/t21?,22-/m0/s1. The third-order valence-corrected chi connectivity index (χ3v) is 5.78. The number of unbranched alkanes of at least 4 members (excludes halogenated alkanes) is 9. The first-order chi connectivity index (χ1) is 14.9. The fourth-order valence-electron chi connectivity index (χ4n) is 3.58. The molecule has 2 N–H and O–H groups in total. The normalized spacial score (nSPS) is 12.9. The third-order valence-electron chi connectivity index (χ3n) is 5.78. The van der Waals surface area contributed by atoms with Gasteiger partial charge in [0.15, 0.2) is 0 Å². The van der Waals surface area contributed by atoms with Crippen LogP contribution >= 0.6 is 0 Å². The van der Waals surface area contributed by atoms with Crippen molar-refractivity contribution in [1.29, 1.82) is 0 Å². The topological polar surface area (TPSA) is 92.7 Å². The lowest BCUT2D eigenvalue weighted by Gasteiger charge is -2.20. The van der Waals surface area contributed by atoms with Gasteiger partial charge in [0, 0.05) is 12.8 Å². The highest BCUT2D eigenvalue weighted by atomic mass is 16.5. The molecule has 0 aromatic heterocycles. The number of rotatable bonds is 21.